The molecule has 1 aromatic carbocycles. The molecule has 0 spiro atoms. The van der Waals surface area contributed by atoms with Crippen molar-refractivity contribution in [2.24, 2.45) is 5.41 Å². The van der Waals surface area contributed by atoms with E-state index in [1.165, 1.54) is 83.5 Å². The van der Waals surface area contributed by atoms with Gasteiger partial charge in [-0.3, -0.25) is 4.79 Å². The number of ether oxygens (including phenoxy) is 2. The molecule has 1 unspecified atom stereocenters. The maximum absolute atomic E-state index is 12.8. The number of ketones is 1. The molecule has 0 N–H and O–H groups in total. The van der Waals surface area contributed by atoms with Crippen molar-refractivity contribution in [3.8, 4) is 0 Å². The summed E-state index contributed by atoms with van der Waals surface area (Å²) in [6.45, 7) is 7.92. The van der Waals surface area contributed by atoms with Crippen LogP contribution < -0.4 is 0 Å². The monoisotopic (exact) mass is 536 g/mol. The quantitative estimate of drug-likeness (QED) is 0.106. The van der Waals surface area contributed by atoms with Crippen LogP contribution in [0.15, 0.2) is 24.3 Å². The van der Waals surface area contributed by atoms with Gasteiger partial charge < -0.3 is 9.47 Å². The van der Waals surface area contributed by atoms with Crippen molar-refractivity contribution < 1.29 is 14.3 Å². The Balaban J connectivity index is 1.50. The van der Waals surface area contributed by atoms with Crippen LogP contribution in [0, 0.1) is 5.41 Å². The van der Waals surface area contributed by atoms with Gasteiger partial charge in [0.15, 0.2) is 12.1 Å². The summed E-state index contributed by atoms with van der Waals surface area (Å²) < 4.78 is 11.7. The molecule has 2 rings (SSSR count). The van der Waals surface area contributed by atoms with E-state index in [4.69, 9.17) is 9.47 Å². The predicted molar refractivity (Wildman–Crippen MR) is 147 cm³/mol. The first kappa shape index (κ1) is 29.5. The molecule has 0 bridgehead atoms. The minimum Gasteiger partial charge on any atom is -0.348 e. The van der Waals surface area contributed by atoms with Crippen LogP contribution in [0.2, 0.25) is 0 Å². The van der Waals surface area contributed by atoms with E-state index in [0.29, 0.717) is 13.2 Å². The van der Waals surface area contributed by atoms with Gasteiger partial charge in [0.2, 0.25) is 0 Å². The molecule has 0 amide bonds. The zero-order chi connectivity index (χ0) is 24.7. The van der Waals surface area contributed by atoms with Crippen LogP contribution in [0.3, 0.4) is 0 Å². The van der Waals surface area contributed by atoms with Crippen LogP contribution in [0.5, 0.6) is 0 Å². The minimum atomic E-state index is -0.326. The van der Waals surface area contributed by atoms with Gasteiger partial charge in [-0.25, -0.2) is 0 Å². The van der Waals surface area contributed by atoms with Gasteiger partial charge in [-0.1, -0.05) is 151 Å². The molecule has 1 aliphatic rings. The molecule has 0 radical (unpaired) electrons. The molecule has 34 heavy (non-hydrogen) atoms. The van der Waals surface area contributed by atoms with Gasteiger partial charge in [0, 0.05) is 16.5 Å². The Hall–Kier alpha value is -0.710. The smallest absolute Gasteiger partial charge is 0.183 e. The zero-order valence-electron chi connectivity index (χ0n) is 22.1. The second-order valence-corrected chi connectivity index (χ2v) is 12.1. The molecule has 1 fully saturated rings. The Kier molecular flexibility index (Phi) is 14.6. The minimum absolute atomic E-state index is 0.0584. The summed E-state index contributed by atoms with van der Waals surface area (Å²) in [6.07, 6.45) is 19.6. The first-order valence-corrected chi connectivity index (χ1v) is 14.9. The highest BCUT2D eigenvalue weighted by atomic mass is 79.9. The van der Waals surface area contributed by atoms with Crippen molar-refractivity contribution in [2.75, 3.05) is 13.2 Å². The van der Waals surface area contributed by atoms with Crippen LogP contribution in [-0.4, -0.2) is 23.8 Å². The lowest BCUT2D eigenvalue weighted by Gasteiger charge is -2.34. The summed E-state index contributed by atoms with van der Waals surface area (Å²) in [4.78, 5) is 12.7. The molecule has 4 heteroatoms. The van der Waals surface area contributed by atoms with Gasteiger partial charge >= 0.3 is 0 Å². The lowest BCUT2D eigenvalue weighted by atomic mass is 9.95. The van der Waals surface area contributed by atoms with Crippen molar-refractivity contribution in [1.82, 2.24) is 0 Å². The van der Waals surface area contributed by atoms with Crippen LogP contribution in [0.25, 0.3) is 0 Å². The predicted octanol–water partition coefficient (Wildman–Crippen LogP) is 9.58. The molecule has 1 saturated heterocycles. The molecular formula is C30H49BrO3. The molecule has 194 valence electrons. The van der Waals surface area contributed by atoms with Crippen LogP contribution in [-0.2, 0) is 9.47 Å². The fraction of sp³-hybridized carbons (Fsp3) is 0.767. The molecule has 0 aliphatic carbocycles. The summed E-state index contributed by atoms with van der Waals surface area (Å²) in [6, 6.07) is 7.73. The number of benzene rings is 1. The largest absolute Gasteiger partial charge is 0.348 e. The zero-order valence-corrected chi connectivity index (χ0v) is 23.7. The lowest BCUT2D eigenvalue weighted by molar-refractivity contribution is -0.226. The first-order chi connectivity index (χ1) is 16.4. The Morgan fingerprint density at radius 3 is 1.74 bits per heavy atom. The number of hydrogen-bond acceptors (Lipinski definition) is 3. The van der Waals surface area contributed by atoms with Crippen molar-refractivity contribution in [3.05, 3.63) is 35.4 Å². The lowest BCUT2D eigenvalue weighted by Crippen LogP contribution is -2.33. The third kappa shape index (κ3) is 11.8. The molecule has 0 saturated carbocycles. The highest BCUT2D eigenvalue weighted by molar-refractivity contribution is 9.10. The number of halogens is 1. The van der Waals surface area contributed by atoms with Crippen molar-refractivity contribution >= 4 is 21.7 Å². The average molecular weight is 538 g/mol. The number of Topliss-reactive ketones (excluding diaryl/α,β-unsaturated/α-hetero) is 1. The maximum atomic E-state index is 12.8. The van der Waals surface area contributed by atoms with E-state index in [1.807, 2.05) is 24.3 Å². The number of carbonyl (C=O) groups excluding carboxylic acids is 1. The van der Waals surface area contributed by atoms with Crippen molar-refractivity contribution in [3.63, 3.8) is 0 Å². The molecule has 0 aromatic heterocycles. The normalized spacial score (nSPS) is 17.1. The maximum Gasteiger partial charge on any atom is 0.183 e. The summed E-state index contributed by atoms with van der Waals surface area (Å²) in [7, 11) is 0. The van der Waals surface area contributed by atoms with Crippen molar-refractivity contribution in [2.45, 2.75) is 128 Å². The van der Waals surface area contributed by atoms with Gasteiger partial charge in [-0.15, -0.1) is 0 Å². The summed E-state index contributed by atoms with van der Waals surface area (Å²) in [5, 5.41) is 0. The third-order valence-electron chi connectivity index (χ3n) is 6.81. The summed E-state index contributed by atoms with van der Waals surface area (Å²) in [5.74, 6) is 0.174. The van der Waals surface area contributed by atoms with Gasteiger partial charge in [-0.2, -0.15) is 0 Å². The standard InChI is InChI=1S/C30H49BrO3/c1-4-5-6-7-8-9-10-11-12-13-14-15-16-17-18-27(31)28(32)25-19-21-26(22-20-25)29-33-23-30(2,3)24-34-29/h19-22,27,29H,4-18,23-24H2,1-3H3. The topological polar surface area (TPSA) is 35.5 Å². The second-order valence-electron chi connectivity index (χ2n) is 11.0. The SMILES string of the molecule is CCCCCCCCCCCCCCCCC(Br)C(=O)c1ccc(C2OCC(C)(C)CO2)cc1. The van der Waals surface area contributed by atoms with E-state index in [1.54, 1.807) is 0 Å². The van der Waals surface area contributed by atoms with E-state index >= 15 is 0 Å². The average Bonchev–Trinajstić information content (AvgIpc) is 2.84. The second kappa shape index (κ2) is 16.9. The Morgan fingerprint density at radius 2 is 1.26 bits per heavy atom. The molecule has 3 nitrogen and oxygen atoms in total. The van der Waals surface area contributed by atoms with Gasteiger partial charge in [0.05, 0.1) is 18.0 Å². The Labute approximate surface area is 217 Å². The summed E-state index contributed by atoms with van der Waals surface area (Å²) >= 11 is 3.63. The highest BCUT2D eigenvalue weighted by Gasteiger charge is 2.29. The van der Waals surface area contributed by atoms with Crippen LogP contribution in [0.1, 0.15) is 139 Å². The molecule has 1 heterocycles. The summed E-state index contributed by atoms with van der Waals surface area (Å²) in [5.41, 5.74) is 1.79. The number of rotatable bonds is 18. The molecular weight excluding hydrogens is 488 g/mol. The molecule has 1 aromatic rings. The third-order valence-corrected chi connectivity index (χ3v) is 7.69. The van der Waals surface area contributed by atoms with Crippen molar-refractivity contribution in [1.29, 1.82) is 0 Å². The van der Waals surface area contributed by atoms with Gasteiger partial charge in [-0.05, 0) is 6.42 Å². The fourth-order valence-corrected chi connectivity index (χ4v) is 5.11. The number of alkyl halides is 1. The Bertz CT molecular complexity index is 660. The van der Waals surface area contributed by atoms with E-state index in [2.05, 4.69) is 36.7 Å². The molecule has 1 aliphatic heterocycles. The first-order valence-electron chi connectivity index (χ1n) is 13.9. The Morgan fingerprint density at radius 1 is 0.824 bits per heavy atom. The van der Waals surface area contributed by atoms with Crippen LogP contribution >= 0.6 is 15.9 Å². The molecule has 1 atom stereocenters. The van der Waals surface area contributed by atoms with Crippen LogP contribution in [0.4, 0.5) is 0 Å². The number of hydrogen-bond donors (Lipinski definition) is 0. The number of carbonyl (C=O) groups is 1. The van der Waals surface area contributed by atoms with E-state index in [0.717, 1.165) is 24.0 Å². The van der Waals surface area contributed by atoms with E-state index in [-0.39, 0.29) is 22.3 Å². The highest BCUT2D eigenvalue weighted by Crippen LogP contribution is 2.31. The fourth-order valence-electron chi connectivity index (χ4n) is 4.52. The van der Waals surface area contributed by atoms with Gasteiger partial charge in [0.1, 0.15) is 0 Å². The number of unbranched alkanes of at least 4 members (excludes halogenated alkanes) is 13. The van der Waals surface area contributed by atoms with Gasteiger partial charge in [0.25, 0.3) is 0 Å². The van der Waals surface area contributed by atoms with E-state index in [9.17, 15) is 4.79 Å². The van der Waals surface area contributed by atoms with E-state index < -0.39 is 0 Å².